The first-order valence-corrected chi connectivity index (χ1v) is 1.10. The first kappa shape index (κ1) is 15.7. The van der Waals surface area contributed by atoms with Crippen molar-refractivity contribution in [3.8, 4) is 0 Å². The molecule has 0 aliphatic rings. The zero-order chi connectivity index (χ0) is 5.58. The average Bonchev–Trinajstić information content (AvgIpc) is 1.41. The molecule has 5 heteroatoms. The van der Waals surface area contributed by atoms with Crippen molar-refractivity contribution < 1.29 is 20.1 Å². The molecule has 0 spiro atoms. The number of carbonyl (C=O) groups is 1. The number of carboxylic acid groups (broad SMARTS) is 2. The molecule has 0 aliphatic carbocycles. The average molecular weight is 134 g/mol. The van der Waals surface area contributed by atoms with Gasteiger partial charge in [0.2, 0.25) is 0 Å². The van der Waals surface area contributed by atoms with Gasteiger partial charge in [0.1, 0.15) is 0 Å². The van der Waals surface area contributed by atoms with Gasteiger partial charge >= 0.3 is 57.5 Å². The van der Waals surface area contributed by atoms with Gasteiger partial charge in [-0.2, -0.15) is 0 Å². The fourth-order valence-electron chi connectivity index (χ4n) is 0. The summed E-state index contributed by atoms with van der Waals surface area (Å²) in [7, 11) is 1.00. The van der Waals surface area contributed by atoms with Crippen molar-refractivity contribution >= 4 is 57.5 Å². The van der Waals surface area contributed by atoms with Crippen molar-refractivity contribution in [2.45, 2.75) is 0 Å². The molecule has 0 unspecified atom stereocenters. The molecule has 3 N–H and O–H groups in total. The number of aliphatic hydroxyl groups excluding tert-OH is 1. The van der Waals surface area contributed by atoms with Crippen LogP contribution in [0.1, 0.15) is 0 Å². The molecular weight excluding hydrogens is 127 g/mol. The molecule has 0 amide bonds. The first-order chi connectivity index (χ1) is 2.73. The molecule has 0 saturated carbocycles. The molecule has 0 aromatic rings. The minimum atomic E-state index is -1.83. The van der Waals surface area contributed by atoms with Crippen LogP contribution in [0.4, 0.5) is 4.79 Å². The minimum absolute atomic E-state index is 0. The van der Waals surface area contributed by atoms with E-state index in [0.717, 1.165) is 7.11 Å². The molecule has 0 aromatic carbocycles. The first-order valence-electron chi connectivity index (χ1n) is 1.10. The van der Waals surface area contributed by atoms with E-state index < -0.39 is 6.16 Å². The molecule has 0 bridgehead atoms. The predicted octanol–water partition coefficient (Wildman–Crippen LogP) is -0.818. The second kappa shape index (κ2) is 15.8. The molecule has 0 aliphatic heterocycles. The van der Waals surface area contributed by atoms with E-state index in [1.54, 1.807) is 0 Å². The van der Waals surface area contributed by atoms with Crippen LogP contribution in [-0.4, -0.2) is 80.0 Å². The van der Waals surface area contributed by atoms with Crippen LogP contribution in [0.25, 0.3) is 0 Å². The Labute approximate surface area is 83.6 Å². The summed E-state index contributed by atoms with van der Waals surface area (Å²) in [6.45, 7) is 0. The summed E-state index contributed by atoms with van der Waals surface area (Å²) in [6.07, 6.45) is -1.83. The number of hydrogen-bond donors (Lipinski definition) is 3. The molecule has 0 heterocycles. The number of aliphatic hydroxyl groups is 1. The van der Waals surface area contributed by atoms with Gasteiger partial charge in [-0.15, -0.1) is 0 Å². The predicted molar refractivity (Wildman–Crippen MR) is 25.9 cm³/mol. The molecule has 0 fully saturated rings. The monoisotopic (exact) mass is 134 g/mol. The maximum absolute atomic E-state index is 8.56. The quantitative estimate of drug-likeness (QED) is 0.378. The summed E-state index contributed by atoms with van der Waals surface area (Å²) in [6, 6.07) is 0. The standard InChI is InChI=1S/CH2O3.CH4O.K.H/c2-1(3)4;1-2;;/h(H2,2,3,4);2H,1H3;;. The van der Waals surface area contributed by atoms with Gasteiger partial charge in [-0.05, 0) is 0 Å². The van der Waals surface area contributed by atoms with Crippen LogP contribution in [0.5, 0.6) is 0 Å². The Morgan fingerprint density at radius 3 is 1.29 bits per heavy atom. The van der Waals surface area contributed by atoms with Crippen molar-refractivity contribution in [2.24, 2.45) is 0 Å². The molecule has 4 nitrogen and oxygen atoms in total. The van der Waals surface area contributed by atoms with Crippen LogP contribution >= 0.6 is 0 Å². The van der Waals surface area contributed by atoms with Gasteiger partial charge in [-0.1, -0.05) is 0 Å². The zero-order valence-corrected chi connectivity index (χ0v) is 3.25. The molecule has 0 radical (unpaired) electrons. The Morgan fingerprint density at radius 1 is 1.29 bits per heavy atom. The molecular formula is C2H7KO4. The normalized spacial score (nSPS) is 4.29. The summed E-state index contributed by atoms with van der Waals surface area (Å²) in [5, 5.41) is 20.9. The summed E-state index contributed by atoms with van der Waals surface area (Å²) in [4.78, 5) is 8.56. The molecule has 0 atom stereocenters. The zero-order valence-electron chi connectivity index (χ0n) is 3.25. The van der Waals surface area contributed by atoms with E-state index in [2.05, 4.69) is 0 Å². The Kier molecular flexibility index (Phi) is 35.4. The number of hydrogen-bond acceptors (Lipinski definition) is 2. The second-order valence-corrected chi connectivity index (χ2v) is 0.283. The van der Waals surface area contributed by atoms with E-state index in [-0.39, 0.29) is 51.4 Å². The molecule has 0 rings (SSSR count). The van der Waals surface area contributed by atoms with Crippen LogP contribution in [0.2, 0.25) is 0 Å². The Hall–Kier alpha value is 0.866. The van der Waals surface area contributed by atoms with Gasteiger partial charge in [0.15, 0.2) is 0 Å². The third-order valence-electron chi connectivity index (χ3n) is 0. The summed E-state index contributed by atoms with van der Waals surface area (Å²) in [5.41, 5.74) is 0. The van der Waals surface area contributed by atoms with Crippen LogP contribution in [0.15, 0.2) is 0 Å². The van der Waals surface area contributed by atoms with E-state index in [0.29, 0.717) is 0 Å². The van der Waals surface area contributed by atoms with Gasteiger partial charge in [0.05, 0.1) is 0 Å². The van der Waals surface area contributed by atoms with Gasteiger partial charge in [0.25, 0.3) is 0 Å². The summed E-state index contributed by atoms with van der Waals surface area (Å²) < 4.78 is 0. The molecule has 7 heavy (non-hydrogen) atoms. The third-order valence-corrected chi connectivity index (χ3v) is 0. The second-order valence-electron chi connectivity index (χ2n) is 0.283. The van der Waals surface area contributed by atoms with E-state index in [1.165, 1.54) is 0 Å². The SMILES string of the molecule is CO.O=C(O)O.[KH]. The van der Waals surface area contributed by atoms with Crippen LogP contribution in [-0.2, 0) is 0 Å². The van der Waals surface area contributed by atoms with Gasteiger partial charge < -0.3 is 15.3 Å². The number of rotatable bonds is 0. The fourth-order valence-corrected chi connectivity index (χ4v) is 0. The topological polar surface area (TPSA) is 77.8 Å². The van der Waals surface area contributed by atoms with E-state index in [9.17, 15) is 0 Å². The Balaban J connectivity index is -0.0000000480. The van der Waals surface area contributed by atoms with Crippen LogP contribution in [0, 0.1) is 0 Å². The molecule has 0 saturated heterocycles. The van der Waals surface area contributed by atoms with Gasteiger partial charge in [-0.3, -0.25) is 0 Å². The summed E-state index contributed by atoms with van der Waals surface area (Å²) >= 11 is 0. The Morgan fingerprint density at radius 2 is 1.29 bits per heavy atom. The van der Waals surface area contributed by atoms with E-state index >= 15 is 0 Å². The third kappa shape index (κ3) is 217. The van der Waals surface area contributed by atoms with Crippen LogP contribution < -0.4 is 0 Å². The van der Waals surface area contributed by atoms with Crippen molar-refractivity contribution in [1.82, 2.24) is 0 Å². The van der Waals surface area contributed by atoms with Crippen molar-refractivity contribution in [2.75, 3.05) is 7.11 Å². The maximum atomic E-state index is 8.56. The van der Waals surface area contributed by atoms with Crippen molar-refractivity contribution in [3.05, 3.63) is 0 Å². The van der Waals surface area contributed by atoms with Gasteiger partial charge in [0, 0.05) is 7.11 Å². The van der Waals surface area contributed by atoms with Gasteiger partial charge in [-0.25, -0.2) is 4.79 Å². The Bertz CT molecular complexity index is 32.7. The fraction of sp³-hybridized carbons (Fsp3) is 0.500. The summed E-state index contributed by atoms with van der Waals surface area (Å²) in [5.74, 6) is 0. The van der Waals surface area contributed by atoms with Crippen LogP contribution in [0.3, 0.4) is 0 Å². The van der Waals surface area contributed by atoms with Crippen molar-refractivity contribution in [1.29, 1.82) is 0 Å². The van der Waals surface area contributed by atoms with E-state index in [1.807, 2.05) is 0 Å². The van der Waals surface area contributed by atoms with E-state index in [4.69, 9.17) is 20.1 Å². The molecule has 0 aromatic heterocycles. The van der Waals surface area contributed by atoms with Crippen molar-refractivity contribution in [3.63, 3.8) is 0 Å². The molecule has 40 valence electrons.